The van der Waals surface area contributed by atoms with E-state index in [-0.39, 0.29) is 119 Å². The van der Waals surface area contributed by atoms with Gasteiger partial charge >= 0.3 is 23.9 Å². The predicted octanol–water partition coefficient (Wildman–Crippen LogP) is 4.93. The maximum Gasteiger partial charge on any atom is 0.354 e. The van der Waals surface area contributed by atoms with E-state index < -0.39 is 58.8 Å². The molecule has 2 saturated heterocycles. The van der Waals surface area contributed by atoms with Crippen molar-refractivity contribution in [1.29, 1.82) is 0 Å². The van der Waals surface area contributed by atoms with Gasteiger partial charge in [-0.1, -0.05) is 47.3 Å². The normalized spacial score (nSPS) is 15.5. The van der Waals surface area contributed by atoms with Gasteiger partial charge in [0, 0.05) is 33.8 Å². The molecule has 26 heteroatoms. The third kappa shape index (κ3) is 10.6. The van der Waals surface area contributed by atoms with Crippen molar-refractivity contribution in [2.45, 2.75) is 62.9 Å². The van der Waals surface area contributed by atoms with Crippen LogP contribution in [0.3, 0.4) is 0 Å². The summed E-state index contributed by atoms with van der Waals surface area (Å²) >= 11 is 0. The first kappa shape index (κ1) is 53.8. The standard InChI is InChI=1S/C48H52N6O18S2/c1-63-43(59)25-21-29(49-37-33(25)35-27(23-31(51-35)45(61)65-3)47(39(37)55)67-15-16-68-47)41(57)53-71-13-9-5-7-11-19-73-74-20-12-8-6-10-14-72-54-42(58)30-22-26(44(60)64-2)34-36-28(24-32(52-36)46(62)66-4)48(69-17-18-70-48)40(56)38(34)50-30/h21-24,51-52H,5-20H2,1-4H3,(H,53,57)(H,54,58). The molecule has 8 rings (SSSR count). The molecule has 6 heterocycles. The smallest absolute Gasteiger partial charge is 0.354 e. The van der Waals surface area contributed by atoms with Crippen LogP contribution in [0.15, 0.2) is 24.3 Å². The van der Waals surface area contributed by atoms with Crippen molar-refractivity contribution in [3.63, 3.8) is 0 Å². The Bertz CT molecular complexity index is 2660. The highest BCUT2D eigenvalue weighted by atomic mass is 33.1. The Kier molecular flexibility index (Phi) is 17.3. The molecule has 24 nitrogen and oxygen atoms in total. The van der Waals surface area contributed by atoms with E-state index in [1.54, 1.807) is 21.6 Å². The number of rotatable bonds is 23. The lowest BCUT2D eigenvalue weighted by atomic mass is 9.85. The van der Waals surface area contributed by atoms with Crippen molar-refractivity contribution >= 4 is 68.8 Å². The highest BCUT2D eigenvalue weighted by Crippen LogP contribution is 2.49. The van der Waals surface area contributed by atoms with E-state index in [9.17, 15) is 38.4 Å². The number of ether oxygens (including phenoxy) is 8. The summed E-state index contributed by atoms with van der Waals surface area (Å²) in [5.41, 5.74) is 3.81. The highest BCUT2D eigenvalue weighted by Gasteiger charge is 2.56. The van der Waals surface area contributed by atoms with E-state index in [4.69, 9.17) is 47.6 Å². The SMILES string of the molecule is COC(=O)c1cc2c([nH]1)-c1c(C(=O)OC)cc(C(=O)NOCCCCCCSSCCCCCCONC(=O)c3cc(C(=O)OC)c4c(n3)C(=O)C3(OCCO3)c3cc(C(=O)OC)[nH]c3-4)nc1C(=O)C21OCCO1. The zero-order chi connectivity index (χ0) is 52.6. The van der Waals surface area contributed by atoms with E-state index in [0.29, 0.717) is 12.8 Å². The lowest BCUT2D eigenvalue weighted by molar-refractivity contribution is -0.126. The Morgan fingerprint density at radius 2 is 0.905 bits per heavy atom. The molecule has 74 heavy (non-hydrogen) atoms. The molecule has 4 aromatic heterocycles. The molecule has 2 aliphatic carbocycles. The van der Waals surface area contributed by atoms with E-state index >= 15 is 0 Å². The number of carbonyl (C=O) groups is 8. The Morgan fingerprint density at radius 3 is 1.27 bits per heavy atom. The number of amides is 2. The van der Waals surface area contributed by atoms with Gasteiger partial charge in [-0.3, -0.25) is 28.9 Å². The lowest BCUT2D eigenvalue weighted by Gasteiger charge is -2.31. The minimum absolute atomic E-state index is 0.0158. The molecule has 0 radical (unpaired) electrons. The average Bonchev–Trinajstić information content (AvgIpc) is 4.30. The van der Waals surface area contributed by atoms with Crippen LogP contribution >= 0.6 is 21.6 Å². The van der Waals surface area contributed by atoms with Crippen LogP contribution in [0.2, 0.25) is 0 Å². The minimum atomic E-state index is -1.95. The molecule has 4 aromatic rings. The maximum atomic E-state index is 14.0. The second-order valence-corrected chi connectivity index (χ2v) is 19.5. The van der Waals surface area contributed by atoms with Gasteiger partial charge in [0.15, 0.2) is 0 Å². The van der Waals surface area contributed by atoms with Crippen molar-refractivity contribution in [2.24, 2.45) is 0 Å². The Morgan fingerprint density at radius 1 is 0.541 bits per heavy atom. The number of H-pyrrole nitrogens is 2. The number of nitrogens with one attached hydrogen (secondary N) is 4. The topological polar surface area (TPSA) is 310 Å². The van der Waals surface area contributed by atoms with E-state index in [1.165, 1.54) is 38.5 Å². The Hall–Kier alpha value is -6.52. The highest BCUT2D eigenvalue weighted by molar-refractivity contribution is 8.76. The quantitative estimate of drug-likeness (QED) is 0.0252. The minimum Gasteiger partial charge on any atom is -0.465 e. The fraction of sp³-hybridized carbons (Fsp3) is 0.458. The van der Waals surface area contributed by atoms with E-state index in [0.717, 1.165) is 64.3 Å². The molecule has 2 aliphatic heterocycles. The van der Waals surface area contributed by atoms with Crippen molar-refractivity contribution in [2.75, 3.05) is 79.6 Å². The Labute approximate surface area is 429 Å². The first-order valence-corrected chi connectivity index (χ1v) is 26.0. The van der Waals surface area contributed by atoms with Gasteiger partial charge in [-0.05, 0) is 49.9 Å². The molecule has 4 N–H and O–H groups in total. The summed E-state index contributed by atoms with van der Waals surface area (Å²) in [6.45, 7) is 0.686. The number of fused-ring (bicyclic) bond motifs is 8. The van der Waals surface area contributed by atoms with Crippen molar-refractivity contribution in [3.05, 3.63) is 80.7 Å². The van der Waals surface area contributed by atoms with Crippen LogP contribution in [-0.4, -0.2) is 147 Å². The number of esters is 4. The van der Waals surface area contributed by atoms with Gasteiger partial charge in [-0.15, -0.1) is 0 Å². The molecular weight excluding hydrogens is 1010 g/mol. The predicted molar refractivity (Wildman–Crippen MR) is 258 cm³/mol. The molecule has 0 atom stereocenters. The number of methoxy groups -OCH3 is 4. The zero-order valence-corrected chi connectivity index (χ0v) is 42.3. The van der Waals surface area contributed by atoms with E-state index in [1.807, 2.05) is 0 Å². The number of Topliss-reactive ketones (excluding diaryl/α,β-unsaturated/α-hetero) is 2. The number of carbonyl (C=O) groups excluding carboxylic acids is 8. The largest absolute Gasteiger partial charge is 0.465 e. The van der Waals surface area contributed by atoms with Crippen molar-refractivity contribution < 1.29 is 85.9 Å². The van der Waals surface area contributed by atoms with Crippen LogP contribution in [0.5, 0.6) is 0 Å². The summed E-state index contributed by atoms with van der Waals surface area (Å²) in [4.78, 5) is 131. The second kappa shape index (κ2) is 23.8. The maximum absolute atomic E-state index is 14.0. The van der Waals surface area contributed by atoms with Crippen molar-refractivity contribution in [1.82, 2.24) is 30.9 Å². The number of unbranched alkanes of at least 4 members (excludes halogenated alkanes) is 6. The van der Waals surface area contributed by atoms with Gasteiger partial charge in [0.25, 0.3) is 23.4 Å². The molecular formula is C48H52N6O18S2. The molecule has 0 unspecified atom stereocenters. The fourth-order valence-electron chi connectivity index (χ4n) is 8.75. The molecule has 2 fully saturated rings. The lowest BCUT2D eigenvalue weighted by Crippen LogP contribution is -2.41. The van der Waals surface area contributed by atoms with Crippen LogP contribution in [0.1, 0.15) is 146 Å². The van der Waals surface area contributed by atoms with Gasteiger partial charge in [-0.25, -0.2) is 40.1 Å². The number of aromatic amines is 2. The summed E-state index contributed by atoms with van der Waals surface area (Å²) in [5, 5.41) is 0. The molecule has 0 aromatic carbocycles. The summed E-state index contributed by atoms with van der Waals surface area (Å²) in [6.07, 6.45) is 6.92. The third-order valence-electron chi connectivity index (χ3n) is 12.2. The molecule has 2 amide bonds. The van der Waals surface area contributed by atoms with Crippen LogP contribution in [-0.2, 0) is 59.1 Å². The van der Waals surface area contributed by atoms with Gasteiger partial charge < -0.3 is 47.9 Å². The van der Waals surface area contributed by atoms with Gasteiger partial charge in [0.1, 0.15) is 34.2 Å². The zero-order valence-electron chi connectivity index (χ0n) is 40.7. The van der Waals surface area contributed by atoms with Gasteiger partial charge in [0.2, 0.25) is 11.6 Å². The number of pyridine rings is 2. The molecule has 2 spiro atoms. The number of hydroxylamine groups is 2. The van der Waals surface area contributed by atoms with Crippen LogP contribution in [0.4, 0.5) is 0 Å². The first-order chi connectivity index (χ1) is 35.8. The van der Waals surface area contributed by atoms with E-state index in [2.05, 4.69) is 30.9 Å². The molecule has 0 bridgehead atoms. The van der Waals surface area contributed by atoms with Crippen LogP contribution < -0.4 is 11.0 Å². The second-order valence-electron chi connectivity index (χ2n) is 16.8. The molecule has 394 valence electrons. The Balaban J connectivity index is 0.706. The number of nitrogens with zero attached hydrogens (tertiary/aromatic N) is 2. The van der Waals surface area contributed by atoms with Gasteiger partial charge in [0.05, 0.1) is 90.6 Å². The summed E-state index contributed by atoms with van der Waals surface area (Å²) < 4.78 is 42.8. The summed E-state index contributed by atoms with van der Waals surface area (Å²) in [7, 11) is 8.28. The number of hydrogen-bond acceptors (Lipinski definition) is 22. The number of aromatic nitrogens is 4. The number of hydrogen-bond donors (Lipinski definition) is 4. The summed E-state index contributed by atoms with van der Waals surface area (Å²) in [5.74, 6) is -8.28. The van der Waals surface area contributed by atoms with Crippen LogP contribution in [0, 0.1) is 0 Å². The van der Waals surface area contributed by atoms with Crippen LogP contribution in [0.25, 0.3) is 22.5 Å². The third-order valence-corrected chi connectivity index (χ3v) is 14.8. The average molecular weight is 1070 g/mol. The summed E-state index contributed by atoms with van der Waals surface area (Å²) in [6, 6.07) is 5.09. The number of ketones is 2. The monoisotopic (exact) mass is 1060 g/mol. The molecule has 4 aliphatic rings. The first-order valence-electron chi connectivity index (χ1n) is 23.5. The fourth-order valence-corrected chi connectivity index (χ4v) is 11.0. The van der Waals surface area contributed by atoms with Gasteiger partial charge in [-0.2, -0.15) is 0 Å². The molecule has 0 saturated carbocycles. The van der Waals surface area contributed by atoms with Crippen molar-refractivity contribution in [3.8, 4) is 22.5 Å².